The number of pyridine rings is 1. The van der Waals surface area contributed by atoms with E-state index in [1.807, 2.05) is 12.1 Å². The Morgan fingerprint density at radius 1 is 1.32 bits per heavy atom. The number of halogens is 1. The van der Waals surface area contributed by atoms with E-state index in [1.54, 1.807) is 6.07 Å². The minimum absolute atomic E-state index is 0.0253. The van der Waals surface area contributed by atoms with E-state index in [-0.39, 0.29) is 13.2 Å². The summed E-state index contributed by atoms with van der Waals surface area (Å²) in [5, 5.41) is 9.89. The van der Waals surface area contributed by atoms with E-state index in [9.17, 15) is 4.79 Å². The van der Waals surface area contributed by atoms with Gasteiger partial charge in [-0.25, -0.2) is 4.98 Å². The third-order valence-corrected chi connectivity index (χ3v) is 3.27. The molecule has 1 aromatic carbocycles. The van der Waals surface area contributed by atoms with Gasteiger partial charge < -0.3 is 14.6 Å². The standard InChI is InChI=1S/C13H10ClNO4/c14-13-7(1-2-12(16)17)3-8-4-10-11(19-6-18-10)5-9(8)15-13/h3-5H,1-2,6H2,(H,16,17). The molecule has 0 atom stereocenters. The lowest BCUT2D eigenvalue weighted by Gasteiger charge is -2.06. The second-order valence-corrected chi connectivity index (χ2v) is 4.59. The van der Waals surface area contributed by atoms with Gasteiger partial charge in [0.05, 0.1) is 5.52 Å². The molecule has 5 nitrogen and oxygen atoms in total. The SMILES string of the molecule is O=C(O)CCc1cc2cc3c(cc2nc1Cl)OCO3. The third kappa shape index (κ3) is 2.29. The van der Waals surface area contributed by atoms with Crippen LogP contribution in [0.25, 0.3) is 10.9 Å². The maximum absolute atomic E-state index is 10.6. The molecule has 2 aromatic rings. The van der Waals surface area contributed by atoms with Gasteiger partial charge in [0, 0.05) is 17.9 Å². The molecule has 0 fully saturated rings. The second-order valence-electron chi connectivity index (χ2n) is 4.23. The van der Waals surface area contributed by atoms with Crippen molar-refractivity contribution in [2.75, 3.05) is 6.79 Å². The number of hydrogen-bond donors (Lipinski definition) is 1. The Morgan fingerprint density at radius 3 is 2.79 bits per heavy atom. The van der Waals surface area contributed by atoms with Crippen LogP contribution in [0.3, 0.4) is 0 Å². The Morgan fingerprint density at radius 2 is 2.05 bits per heavy atom. The fraction of sp³-hybridized carbons (Fsp3) is 0.231. The molecule has 1 N–H and O–H groups in total. The molecule has 1 aliphatic rings. The Balaban J connectivity index is 2.03. The van der Waals surface area contributed by atoms with Crippen molar-refractivity contribution in [3.63, 3.8) is 0 Å². The van der Waals surface area contributed by atoms with Crippen LogP contribution in [-0.2, 0) is 11.2 Å². The molecule has 0 radical (unpaired) electrons. The zero-order valence-corrected chi connectivity index (χ0v) is 10.6. The van der Waals surface area contributed by atoms with E-state index >= 15 is 0 Å². The molecule has 1 aliphatic heterocycles. The van der Waals surface area contributed by atoms with E-state index < -0.39 is 5.97 Å². The summed E-state index contributed by atoms with van der Waals surface area (Å²) in [6.07, 6.45) is 0.378. The van der Waals surface area contributed by atoms with Crippen molar-refractivity contribution in [3.05, 3.63) is 28.9 Å². The number of nitrogens with zero attached hydrogens (tertiary/aromatic N) is 1. The Labute approximate surface area is 113 Å². The molecule has 2 heterocycles. The number of carbonyl (C=O) groups is 1. The van der Waals surface area contributed by atoms with Crippen molar-refractivity contribution in [2.45, 2.75) is 12.8 Å². The van der Waals surface area contributed by atoms with Crippen molar-refractivity contribution in [1.29, 1.82) is 0 Å². The first-order valence-corrected chi connectivity index (χ1v) is 6.12. The summed E-state index contributed by atoms with van der Waals surface area (Å²) < 4.78 is 10.6. The summed E-state index contributed by atoms with van der Waals surface area (Å²) in [7, 11) is 0. The van der Waals surface area contributed by atoms with Crippen molar-refractivity contribution < 1.29 is 19.4 Å². The number of benzene rings is 1. The molecule has 0 bridgehead atoms. The zero-order chi connectivity index (χ0) is 13.4. The number of aryl methyl sites for hydroxylation is 1. The highest BCUT2D eigenvalue weighted by Gasteiger charge is 2.16. The second kappa shape index (κ2) is 4.59. The van der Waals surface area contributed by atoms with Gasteiger partial charge in [-0.3, -0.25) is 4.79 Å². The van der Waals surface area contributed by atoms with Crippen LogP contribution in [0.15, 0.2) is 18.2 Å². The molecule has 1 aromatic heterocycles. The number of aliphatic carboxylic acids is 1. The van der Waals surface area contributed by atoms with Crippen molar-refractivity contribution in [3.8, 4) is 11.5 Å². The maximum atomic E-state index is 10.6. The Kier molecular flexibility index (Phi) is 2.91. The highest BCUT2D eigenvalue weighted by molar-refractivity contribution is 6.30. The highest BCUT2D eigenvalue weighted by atomic mass is 35.5. The average Bonchev–Trinajstić information content (AvgIpc) is 2.80. The summed E-state index contributed by atoms with van der Waals surface area (Å²) >= 11 is 6.06. The lowest BCUT2D eigenvalue weighted by Crippen LogP contribution is -1.99. The van der Waals surface area contributed by atoms with Gasteiger partial charge in [-0.2, -0.15) is 0 Å². The van der Waals surface area contributed by atoms with Gasteiger partial charge in [0.2, 0.25) is 6.79 Å². The smallest absolute Gasteiger partial charge is 0.303 e. The predicted molar refractivity (Wildman–Crippen MR) is 68.8 cm³/mol. The lowest BCUT2D eigenvalue weighted by atomic mass is 10.1. The van der Waals surface area contributed by atoms with Crippen LogP contribution >= 0.6 is 11.6 Å². The van der Waals surface area contributed by atoms with Crippen molar-refractivity contribution in [2.24, 2.45) is 0 Å². The number of carboxylic acid groups (broad SMARTS) is 1. The van der Waals surface area contributed by atoms with E-state index in [4.69, 9.17) is 26.2 Å². The summed E-state index contributed by atoms with van der Waals surface area (Å²) in [4.78, 5) is 14.9. The number of ether oxygens (including phenoxy) is 2. The van der Waals surface area contributed by atoms with E-state index in [0.717, 1.165) is 10.9 Å². The third-order valence-electron chi connectivity index (χ3n) is 2.94. The molecule has 0 unspecified atom stereocenters. The summed E-state index contributed by atoms with van der Waals surface area (Å²) in [5.74, 6) is 0.456. The molecule has 0 saturated heterocycles. The van der Waals surface area contributed by atoms with Gasteiger partial charge >= 0.3 is 5.97 Å². The molecule has 0 saturated carbocycles. The van der Waals surface area contributed by atoms with Crippen molar-refractivity contribution >= 4 is 28.5 Å². The van der Waals surface area contributed by atoms with Crippen molar-refractivity contribution in [1.82, 2.24) is 4.98 Å². The van der Waals surface area contributed by atoms with Crippen LogP contribution in [0, 0.1) is 0 Å². The molecule has 19 heavy (non-hydrogen) atoms. The lowest BCUT2D eigenvalue weighted by molar-refractivity contribution is -0.136. The van der Waals surface area contributed by atoms with Gasteiger partial charge in [0.1, 0.15) is 5.15 Å². The first kappa shape index (κ1) is 12.0. The quantitative estimate of drug-likeness (QED) is 0.875. The number of carboxylic acids is 1. The normalized spacial score (nSPS) is 12.9. The number of rotatable bonds is 3. The minimum Gasteiger partial charge on any atom is -0.481 e. The number of aromatic nitrogens is 1. The molecule has 0 amide bonds. The topological polar surface area (TPSA) is 68.7 Å². The predicted octanol–water partition coefficient (Wildman–Crippen LogP) is 2.63. The van der Waals surface area contributed by atoms with Crippen LogP contribution in [-0.4, -0.2) is 22.9 Å². The molecule has 0 spiro atoms. The van der Waals surface area contributed by atoms with Crippen LogP contribution in [0.5, 0.6) is 11.5 Å². The molecule has 6 heteroatoms. The zero-order valence-electron chi connectivity index (χ0n) is 9.85. The van der Waals surface area contributed by atoms with Crippen LogP contribution in [0.4, 0.5) is 0 Å². The van der Waals surface area contributed by atoms with E-state index in [0.29, 0.717) is 28.6 Å². The highest BCUT2D eigenvalue weighted by Crippen LogP contribution is 2.36. The Bertz CT molecular complexity index is 671. The molecule has 3 rings (SSSR count). The van der Waals surface area contributed by atoms with Gasteiger partial charge in [-0.15, -0.1) is 0 Å². The summed E-state index contributed by atoms with van der Waals surface area (Å²) in [6, 6.07) is 5.44. The van der Waals surface area contributed by atoms with Crippen LogP contribution < -0.4 is 9.47 Å². The number of fused-ring (bicyclic) bond motifs is 2. The number of hydrogen-bond acceptors (Lipinski definition) is 4. The average molecular weight is 280 g/mol. The van der Waals surface area contributed by atoms with Crippen LogP contribution in [0.2, 0.25) is 5.15 Å². The van der Waals surface area contributed by atoms with Crippen LogP contribution in [0.1, 0.15) is 12.0 Å². The fourth-order valence-corrected chi connectivity index (χ4v) is 2.24. The maximum Gasteiger partial charge on any atom is 0.303 e. The van der Waals surface area contributed by atoms with Gasteiger partial charge in [-0.05, 0) is 24.1 Å². The molecule has 98 valence electrons. The summed E-state index contributed by atoms with van der Waals surface area (Å²) in [5.41, 5.74) is 1.42. The fourth-order valence-electron chi connectivity index (χ4n) is 2.00. The minimum atomic E-state index is -0.859. The molecular weight excluding hydrogens is 270 g/mol. The van der Waals surface area contributed by atoms with Gasteiger partial charge in [-0.1, -0.05) is 11.6 Å². The first-order chi connectivity index (χ1) is 9.13. The largest absolute Gasteiger partial charge is 0.481 e. The van der Waals surface area contributed by atoms with Gasteiger partial charge in [0.25, 0.3) is 0 Å². The van der Waals surface area contributed by atoms with E-state index in [1.165, 1.54) is 0 Å². The monoisotopic (exact) mass is 279 g/mol. The molecular formula is C13H10ClNO4. The summed E-state index contributed by atoms with van der Waals surface area (Å²) in [6.45, 7) is 0.200. The Hall–Kier alpha value is -2.01. The van der Waals surface area contributed by atoms with Gasteiger partial charge in [0.15, 0.2) is 11.5 Å². The molecule has 0 aliphatic carbocycles. The van der Waals surface area contributed by atoms with E-state index in [2.05, 4.69) is 4.98 Å². The first-order valence-electron chi connectivity index (χ1n) is 5.74.